The van der Waals surface area contributed by atoms with E-state index in [1.54, 1.807) is 43.4 Å². The molecule has 1 saturated heterocycles. The van der Waals surface area contributed by atoms with Gasteiger partial charge < -0.3 is 39.8 Å². The van der Waals surface area contributed by atoms with Crippen LogP contribution >= 0.6 is 24.8 Å². The highest BCUT2D eigenvalue weighted by atomic mass is 35.5. The normalized spacial score (nSPS) is 12.5. The topological polar surface area (TPSA) is 149 Å². The number of carbonyl (C=O) groups excluding carboxylic acids is 4. The molecule has 0 aliphatic carbocycles. The van der Waals surface area contributed by atoms with E-state index in [0.29, 0.717) is 58.2 Å². The number of amides is 3. The van der Waals surface area contributed by atoms with Crippen LogP contribution in [0.4, 0.5) is 11.4 Å². The van der Waals surface area contributed by atoms with E-state index in [1.165, 1.54) is 19.1 Å². The van der Waals surface area contributed by atoms with Crippen LogP contribution in [-0.4, -0.2) is 104 Å². The van der Waals surface area contributed by atoms with Crippen molar-refractivity contribution < 1.29 is 28.7 Å². The summed E-state index contributed by atoms with van der Waals surface area (Å²) in [5, 5.41) is 5.35. The van der Waals surface area contributed by atoms with Gasteiger partial charge in [-0.3, -0.25) is 14.4 Å². The Morgan fingerprint density at radius 2 is 1.73 bits per heavy atom. The molecular weight excluding hydrogens is 709 g/mol. The number of hydrogen-bond acceptors (Lipinski definition) is 9. The van der Waals surface area contributed by atoms with Crippen LogP contribution in [0.25, 0.3) is 11.0 Å². The molecule has 3 aromatic carbocycles. The number of rotatable bonds is 13. The quantitative estimate of drug-likeness (QED) is 0.125. The number of imidazole rings is 1. The smallest absolute Gasteiger partial charge is 0.286 e. The molecule has 0 spiro atoms. The van der Waals surface area contributed by atoms with Crippen molar-refractivity contribution in [3.8, 4) is 11.5 Å². The third-order valence-electron chi connectivity index (χ3n) is 8.75. The van der Waals surface area contributed by atoms with Crippen molar-refractivity contribution in [1.82, 2.24) is 25.1 Å². The summed E-state index contributed by atoms with van der Waals surface area (Å²) < 4.78 is 11.7. The van der Waals surface area contributed by atoms with Gasteiger partial charge in [0.1, 0.15) is 23.0 Å². The number of likely N-dealkylation sites (N-methyl/N-ethyl adjacent to an activating group) is 1. The molecule has 1 aromatic heterocycles. The Kier molecular flexibility index (Phi) is 15.1. The number of aromatic nitrogens is 2. The van der Waals surface area contributed by atoms with E-state index in [-0.39, 0.29) is 42.1 Å². The van der Waals surface area contributed by atoms with Crippen LogP contribution in [0.5, 0.6) is 11.5 Å². The summed E-state index contributed by atoms with van der Waals surface area (Å²) in [6.07, 6.45) is 2.16. The number of ether oxygens (including phenoxy) is 2. The maximum atomic E-state index is 13.7. The summed E-state index contributed by atoms with van der Waals surface area (Å²) in [5.74, 6) is 1.94. The van der Waals surface area contributed by atoms with Gasteiger partial charge in [-0.15, -0.1) is 24.8 Å². The van der Waals surface area contributed by atoms with E-state index in [4.69, 9.17) is 9.47 Å². The lowest BCUT2D eigenvalue weighted by atomic mass is 10.1. The summed E-state index contributed by atoms with van der Waals surface area (Å²) in [4.78, 5) is 63.9. The van der Waals surface area contributed by atoms with Gasteiger partial charge in [0.2, 0.25) is 0 Å². The van der Waals surface area contributed by atoms with Crippen LogP contribution in [0, 0.1) is 6.92 Å². The number of methoxy groups -OCH3 is 1. The van der Waals surface area contributed by atoms with E-state index >= 15 is 0 Å². The number of nitrogens with zero attached hydrogens (tertiary/aromatic N) is 4. The zero-order valence-corrected chi connectivity index (χ0v) is 31.5. The third-order valence-corrected chi connectivity index (χ3v) is 8.75. The molecule has 1 aliphatic rings. The number of nitrogens with one attached hydrogen (secondary N) is 3. The molecule has 278 valence electrons. The number of unbranched alkanes of at least 4 members (excludes halogenated alkanes) is 1. The number of aryl methyl sites for hydroxylation is 1. The van der Waals surface area contributed by atoms with Crippen molar-refractivity contribution in [2.75, 3.05) is 71.3 Å². The largest absolute Gasteiger partial charge is 0.495 e. The van der Waals surface area contributed by atoms with Crippen molar-refractivity contribution in [3.05, 3.63) is 82.8 Å². The number of halogens is 2. The average Bonchev–Trinajstić information content (AvgIpc) is 3.58. The Labute approximate surface area is 315 Å². The second-order valence-electron chi connectivity index (χ2n) is 12.2. The fraction of sp³-hybridized carbons (Fsp3) is 0.351. The van der Waals surface area contributed by atoms with Gasteiger partial charge in [-0.25, -0.2) is 9.78 Å². The van der Waals surface area contributed by atoms with Gasteiger partial charge in [0.05, 0.1) is 41.9 Å². The first-order valence-electron chi connectivity index (χ1n) is 16.5. The number of benzene rings is 3. The molecule has 5 rings (SSSR count). The van der Waals surface area contributed by atoms with Crippen molar-refractivity contribution in [3.63, 3.8) is 0 Å². The number of H-pyrrole nitrogens is 1. The van der Waals surface area contributed by atoms with Gasteiger partial charge in [-0.2, -0.15) is 0 Å². The minimum absolute atomic E-state index is 0. The molecule has 3 N–H and O–H groups in total. The Hall–Kier alpha value is -5.07. The highest BCUT2D eigenvalue weighted by Crippen LogP contribution is 2.32. The van der Waals surface area contributed by atoms with E-state index < -0.39 is 11.8 Å². The second kappa shape index (κ2) is 19.0. The van der Waals surface area contributed by atoms with Crippen molar-refractivity contribution in [1.29, 1.82) is 0 Å². The molecule has 0 atom stereocenters. The van der Waals surface area contributed by atoms with Gasteiger partial charge in [-0.1, -0.05) is 12.1 Å². The van der Waals surface area contributed by atoms with Crippen LogP contribution in [-0.2, 0) is 4.79 Å². The van der Waals surface area contributed by atoms with Crippen LogP contribution in [0.1, 0.15) is 56.2 Å². The first-order chi connectivity index (χ1) is 24.1. The molecule has 0 radical (unpaired) electrons. The standard InChI is InChI=1S/C37H43N7O6.2ClH/c1-24-12-15-30(32(21-24)50-20-7-6-9-26(23-45)44-18-16-42(3)17-19-44)43(4)37(48)25-13-14-28(31(22-25)49-5)40-35(46)27-10-8-11-29-33(27)41-34(39-29)36(47)38-2;;/h8,10-15,21-22H,6-7,9,16-20H2,1-5H3,(H,38,47)(H,39,41)(H,40,46);2*1H. The lowest BCUT2D eigenvalue weighted by Crippen LogP contribution is -2.44. The lowest BCUT2D eigenvalue weighted by molar-refractivity contribution is 0.0951. The lowest BCUT2D eigenvalue weighted by Gasteiger charge is -2.34. The number of para-hydroxylation sites is 1. The van der Waals surface area contributed by atoms with Crippen molar-refractivity contribution >= 4 is 70.9 Å². The molecule has 52 heavy (non-hydrogen) atoms. The monoisotopic (exact) mass is 753 g/mol. The Morgan fingerprint density at radius 3 is 2.42 bits per heavy atom. The fourth-order valence-corrected chi connectivity index (χ4v) is 5.80. The summed E-state index contributed by atoms with van der Waals surface area (Å²) in [5.41, 5.74) is 4.16. The molecule has 0 bridgehead atoms. The number of aromatic amines is 1. The van der Waals surface area contributed by atoms with Gasteiger partial charge in [0.15, 0.2) is 5.82 Å². The number of piperazine rings is 1. The Balaban J connectivity index is 0.00000364. The highest BCUT2D eigenvalue weighted by Gasteiger charge is 2.22. The number of hydrogen-bond donors (Lipinski definition) is 3. The van der Waals surface area contributed by atoms with E-state index in [2.05, 4.69) is 43.4 Å². The van der Waals surface area contributed by atoms with Crippen LogP contribution < -0.4 is 25.0 Å². The van der Waals surface area contributed by atoms with E-state index in [9.17, 15) is 19.2 Å². The van der Waals surface area contributed by atoms with Gasteiger partial charge in [0.25, 0.3) is 17.7 Å². The molecule has 0 saturated carbocycles. The molecule has 3 amide bonds. The summed E-state index contributed by atoms with van der Waals surface area (Å²) in [6, 6.07) is 15.5. The molecule has 13 nitrogen and oxygen atoms in total. The molecule has 1 fully saturated rings. The summed E-state index contributed by atoms with van der Waals surface area (Å²) in [6.45, 7) is 5.90. The first kappa shape index (κ1) is 41.4. The van der Waals surface area contributed by atoms with Gasteiger partial charge in [0, 0.05) is 45.8 Å². The second-order valence-corrected chi connectivity index (χ2v) is 12.2. The molecule has 0 unspecified atom stereocenters. The Morgan fingerprint density at radius 1 is 0.981 bits per heavy atom. The zero-order valence-electron chi connectivity index (χ0n) is 29.9. The predicted octanol–water partition coefficient (Wildman–Crippen LogP) is 5.12. The fourth-order valence-electron chi connectivity index (χ4n) is 5.80. The minimum Gasteiger partial charge on any atom is -0.495 e. The van der Waals surface area contributed by atoms with Crippen LogP contribution in [0.15, 0.2) is 60.3 Å². The summed E-state index contributed by atoms with van der Waals surface area (Å²) >= 11 is 0. The number of carbonyl (C=O) groups is 3. The number of allylic oxidation sites excluding steroid dienone is 1. The van der Waals surface area contributed by atoms with E-state index in [1.807, 2.05) is 25.1 Å². The molecule has 15 heteroatoms. The predicted molar refractivity (Wildman–Crippen MR) is 206 cm³/mol. The van der Waals surface area contributed by atoms with Gasteiger partial charge in [-0.05, 0) is 81.3 Å². The van der Waals surface area contributed by atoms with Crippen LogP contribution in [0.3, 0.4) is 0 Å². The van der Waals surface area contributed by atoms with Crippen molar-refractivity contribution in [2.24, 2.45) is 0 Å². The molecule has 4 aromatic rings. The SMILES string of the molecule is CNC(=O)c1nc2c(C(=O)Nc3ccc(C(=O)N(C)c4ccc(C)cc4OCCCCC(=C=O)N4CCN(C)CC4)cc3OC)cccc2[nH]1.Cl.Cl. The van der Waals surface area contributed by atoms with Crippen LogP contribution in [0.2, 0.25) is 0 Å². The Bertz CT molecular complexity index is 1940. The third kappa shape index (κ3) is 9.62. The molecular formula is C37H45Cl2N7O6. The first-order valence-corrected chi connectivity index (χ1v) is 16.5. The van der Waals surface area contributed by atoms with Gasteiger partial charge >= 0.3 is 0 Å². The number of fused-ring (bicyclic) bond motifs is 1. The highest BCUT2D eigenvalue weighted by molar-refractivity contribution is 6.13. The molecule has 1 aliphatic heterocycles. The molecule has 2 heterocycles. The summed E-state index contributed by atoms with van der Waals surface area (Å²) in [7, 11) is 6.71. The van der Waals surface area contributed by atoms with Crippen molar-refractivity contribution in [2.45, 2.75) is 26.2 Å². The van der Waals surface area contributed by atoms with E-state index in [0.717, 1.165) is 44.6 Å². The zero-order chi connectivity index (χ0) is 35.8. The maximum absolute atomic E-state index is 13.7. The number of anilines is 2. The average molecular weight is 755 g/mol. The minimum atomic E-state index is -0.459. The maximum Gasteiger partial charge on any atom is 0.286 e.